The Morgan fingerprint density at radius 3 is 1.67 bits per heavy atom. The molecule has 0 aliphatic rings. The van der Waals surface area contributed by atoms with Crippen LogP contribution in [-0.2, 0) is 5.41 Å². The molecule has 21 heavy (non-hydrogen) atoms. The van der Waals surface area contributed by atoms with E-state index in [2.05, 4.69) is 84.3 Å². The van der Waals surface area contributed by atoms with Crippen LogP contribution in [0.25, 0.3) is 11.1 Å². The molecule has 0 spiro atoms. The predicted molar refractivity (Wildman–Crippen MR) is 111 cm³/mol. The van der Waals surface area contributed by atoms with Gasteiger partial charge >= 0.3 is 0 Å². The van der Waals surface area contributed by atoms with E-state index in [1.807, 2.05) is 0 Å². The minimum Gasteiger partial charge on any atom is -0.102 e. The van der Waals surface area contributed by atoms with E-state index in [0.29, 0.717) is 0 Å². The molecule has 0 bridgehead atoms. The molecule has 0 saturated carbocycles. The Kier molecular flexibility index (Phi) is 4.24. The Hall–Kier alpha value is -1.24. The summed E-state index contributed by atoms with van der Waals surface area (Å²) in [7, 11) is 11.2. The Labute approximate surface area is 134 Å². The van der Waals surface area contributed by atoms with Gasteiger partial charge in [-0.25, -0.2) is 0 Å². The Morgan fingerprint density at radius 1 is 0.714 bits per heavy atom. The first kappa shape index (κ1) is 16.1. The van der Waals surface area contributed by atoms with Crippen LogP contribution in [-0.4, -0.2) is 39.2 Å². The largest absolute Gasteiger partial charge is 0.139 e. The van der Waals surface area contributed by atoms with Gasteiger partial charge in [0.1, 0.15) is 39.2 Å². The number of benzene rings is 2. The molecule has 0 amide bonds. The maximum absolute atomic E-state index is 2.36. The van der Waals surface area contributed by atoms with E-state index in [1.54, 1.807) is 0 Å². The summed E-state index contributed by atoms with van der Waals surface area (Å²) in [6.07, 6.45) is 0. The second-order valence-corrected chi connectivity index (χ2v) is 7.33. The summed E-state index contributed by atoms with van der Waals surface area (Å²) in [6.45, 7) is 6.83. The molecule has 2 aromatic carbocycles. The fraction of sp³-hybridized carbons (Fsp3) is 0.250. The first-order valence-corrected chi connectivity index (χ1v) is 7.82. The molecule has 0 fully saturated rings. The fourth-order valence-corrected chi connectivity index (χ4v) is 3.07. The van der Waals surface area contributed by atoms with Crippen molar-refractivity contribution >= 4 is 66.5 Å². The molecule has 0 aromatic heterocycles. The minimum atomic E-state index is 0.187. The lowest BCUT2D eigenvalue weighted by Crippen LogP contribution is -2.55. The van der Waals surface area contributed by atoms with Crippen molar-refractivity contribution in [1.29, 1.82) is 0 Å². The van der Waals surface area contributed by atoms with Gasteiger partial charge < -0.3 is 0 Å². The Balaban J connectivity index is 2.74. The average molecular weight is 269 g/mol. The third-order valence-corrected chi connectivity index (χ3v) is 5.02. The fourth-order valence-electron chi connectivity index (χ4n) is 3.07. The lowest BCUT2D eigenvalue weighted by molar-refractivity contribution is 0.590. The van der Waals surface area contributed by atoms with Gasteiger partial charge in [-0.3, -0.25) is 0 Å². The summed E-state index contributed by atoms with van der Waals surface area (Å²) < 4.78 is 0. The third-order valence-electron chi connectivity index (χ3n) is 5.02. The van der Waals surface area contributed by atoms with Gasteiger partial charge in [-0.05, 0) is 22.1 Å². The molecule has 0 unspecified atom stereocenters. The highest BCUT2D eigenvalue weighted by Gasteiger charge is 2.17. The zero-order chi connectivity index (χ0) is 15.9. The second-order valence-electron chi connectivity index (χ2n) is 7.33. The highest BCUT2D eigenvalue weighted by atomic mass is 14.2. The molecule has 5 heteroatoms. The third kappa shape index (κ3) is 2.88. The highest BCUT2D eigenvalue weighted by Crippen LogP contribution is 2.25. The van der Waals surface area contributed by atoms with Crippen LogP contribution in [0.5, 0.6) is 0 Å². The van der Waals surface area contributed by atoms with Crippen molar-refractivity contribution in [1.82, 2.24) is 0 Å². The van der Waals surface area contributed by atoms with Crippen molar-refractivity contribution in [3.63, 3.8) is 0 Å². The lowest BCUT2D eigenvalue weighted by Gasteiger charge is -2.23. The van der Waals surface area contributed by atoms with Gasteiger partial charge in [0.2, 0.25) is 0 Å². The molecule has 0 N–H and O–H groups in total. The normalized spacial score (nSPS) is 11.6. The topological polar surface area (TPSA) is 0 Å². The van der Waals surface area contributed by atoms with Crippen LogP contribution in [0.4, 0.5) is 0 Å². The van der Waals surface area contributed by atoms with Crippen molar-refractivity contribution < 1.29 is 0 Å². The number of hydrogen-bond donors (Lipinski definition) is 0. The molecule has 2 rings (SSSR count). The summed E-state index contributed by atoms with van der Waals surface area (Å²) in [4.78, 5) is 0. The summed E-state index contributed by atoms with van der Waals surface area (Å²) in [5.41, 5.74) is 11.5. The van der Waals surface area contributed by atoms with Crippen LogP contribution in [0.3, 0.4) is 0 Å². The van der Waals surface area contributed by atoms with Gasteiger partial charge in [0.05, 0.1) is 0 Å². The molecule has 0 saturated heterocycles. The monoisotopic (exact) mass is 270 g/mol. The van der Waals surface area contributed by atoms with E-state index in [1.165, 1.54) is 44.0 Å². The Morgan fingerprint density at radius 2 is 1.19 bits per heavy atom. The van der Waals surface area contributed by atoms with Gasteiger partial charge in [0, 0.05) is 0 Å². The van der Waals surface area contributed by atoms with Crippen molar-refractivity contribution in [2.24, 2.45) is 0 Å². The van der Waals surface area contributed by atoms with Crippen LogP contribution in [0.2, 0.25) is 0 Å². The summed E-state index contributed by atoms with van der Waals surface area (Å²) >= 11 is 0. The van der Waals surface area contributed by atoms with Crippen LogP contribution in [0.15, 0.2) is 24.3 Å². The standard InChI is InChI=1S/C16H23B5/c1-16(2,3)9-6-4-5-8(7-9)10-11(17)13(19)15(21)14(20)12(10)18/h4-7H,17-21H2,1-3H3. The summed E-state index contributed by atoms with van der Waals surface area (Å²) in [6, 6.07) is 9.05. The van der Waals surface area contributed by atoms with E-state index in [-0.39, 0.29) is 5.41 Å². The second kappa shape index (κ2) is 5.52. The average Bonchev–Trinajstić information content (AvgIpc) is 2.43. The van der Waals surface area contributed by atoms with Crippen LogP contribution in [0, 0.1) is 0 Å². The van der Waals surface area contributed by atoms with Gasteiger partial charge in [0.25, 0.3) is 0 Å². The van der Waals surface area contributed by atoms with E-state index in [4.69, 9.17) is 0 Å². The summed E-state index contributed by atoms with van der Waals surface area (Å²) in [5.74, 6) is 0. The van der Waals surface area contributed by atoms with E-state index in [0.717, 1.165) is 0 Å². The molecule has 0 atom stereocenters. The van der Waals surface area contributed by atoms with Crippen LogP contribution < -0.4 is 27.3 Å². The Bertz CT molecular complexity index is 670. The SMILES string of the molecule is Bc1c(B)c(B)c(-c2cccc(C(C)(C)C)c2)c(B)c1B. The van der Waals surface area contributed by atoms with Crippen LogP contribution in [0.1, 0.15) is 26.3 Å². The minimum absolute atomic E-state index is 0.187. The number of hydrogen-bond acceptors (Lipinski definition) is 0. The molecule has 0 heterocycles. The molecular weight excluding hydrogens is 246 g/mol. The molecule has 0 radical (unpaired) electrons. The van der Waals surface area contributed by atoms with Gasteiger partial charge in [-0.1, -0.05) is 56.0 Å². The first-order chi connectivity index (χ1) is 9.64. The molecular formula is C16H23B5. The molecule has 0 aliphatic heterocycles. The molecule has 2 aromatic rings. The van der Waals surface area contributed by atoms with Crippen molar-refractivity contribution in [2.75, 3.05) is 0 Å². The van der Waals surface area contributed by atoms with E-state index < -0.39 is 0 Å². The molecule has 0 nitrogen and oxygen atoms in total. The lowest BCUT2D eigenvalue weighted by atomic mass is 9.59. The van der Waals surface area contributed by atoms with E-state index in [9.17, 15) is 0 Å². The van der Waals surface area contributed by atoms with E-state index >= 15 is 0 Å². The van der Waals surface area contributed by atoms with Gasteiger partial charge in [-0.2, -0.15) is 0 Å². The van der Waals surface area contributed by atoms with Crippen LogP contribution >= 0.6 is 0 Å². The van der Waals surface area contributed by atoms with Crippen molar-refractivity contribution in [3.05, 3.63) is 29.8 Å². The number of rotatable bonds is 1. The van der Waals surface area contributed by atoms with Gasteiger partial charge in [-0.15, -0.1) is 16.4 Å². The van der Waals surface area contributed by atoms with Gasteiger partial charge in [0.15, 0.2) is 0 Å². The highest BCUT2D eigenvalue weighted by molar-refractivity contribution is 6.68. The molecule has 102 valence electrons. The first-order valence-electron chi connectivity index (χ1n) is 7.82. The van der Waals surface area contributed by atoms with Crippen molar-refractivity contribution in [3.8, 4) is 11.1 Å². The summed E-state index contributed by atoms with van der Waals surface area (Å²) in [5, 5.41) is 0. The zero-order valence-electron chi connectivity index (χ0n) is 14.8. The maximum atomic E-state index is 2.36. The predicted octanol–water partition coefficient (Wildman–Crippen LogP) is -4.06. The maximum Gasteiger partial charge on any atom is 0.139 e. The van der Waals surface area contributed by atoms with Crippen molar-refractivity contribution in [2.45, 2.75) is 26.2 Å². The molecule has 0 aliphatic carbocycles. The quantitative estimate of drug-likeness (QED) is 0.462. The smallest absolute Gasteiger partial charge is 0.102 e. The zero-order valence-corrected chi connectivity index (χ0v) is 14.8.